The zero-order valence-electron chi connectivity index (χ0n) is 16.2. The van der Waals surface area contributed by atoms with Gasteiger partial charge in [-0.3, -0.25) is 0 Å². The molecule has 0 fully saturated rings. The minimum Gasteiger partial charge on any atom is -0.496 e. The Morgan fingerprint density at radius 3 is 2.75 bits per heavy atom. The van der Waals surface area contributed by atoms with Crippen LogP contribution in [0.5, 0.6) is 11.5 Å². The lowest BCUT2D eigenvalue weighted by Crippen LogP contribution is -2.06. The first kappa shape index (κ1) is 19.5. The van der Waals surface area contributed by atoms with Crippen molar-refractivity contribution in [3.05, 3.63) is 64.2 Å². The summed E-state index contributed by atoms with van der Waals surface area (Å²) in [6.07, 6.45) is 4.94. The largest absolute Gasteiger partial charge is 0.496 e. The van der Waals surface area contributed by atoms with E-state index < -0.39 is 5.97 Å². The van der Waals surface area contributed by atoms with Crippen molar-refractivity contribution in [3.63, 3.8) is 0 Å². The molecule has 2 aromatic rings. The number of carbonyl (C=O) groups is 1. The molecule has 0 heterocycles. The van der Waals surface area contributed by atoms with Gasteiger partial charge in [-0.2, -0.15) is 5.26 Å². The van der Waals surface area contributed by atoms with Gasteiger partial charge in [0.25, 0.3) is 0 Å². The average Bonchev–Trinajstić information content (AvgIpc) is 3.18. The second-order valence-electron chi connectivity index (χ2n) is 6.53. The van der Waals surface area contributed by atoms with Gasteiger partial charge in [0.15, 0.2) is 0 Å². The standard InChI is InChI=1S/C23H23NO4/c1-3-27-23(25)19(14-24)11-16-7-10-22(26-2)20(12-16)15-28-21-9-8-17-5-4-6-18(17)13-21/h7-13H,3-6,15H2,1-2H3. The molecule has 0 atom stereocenters. The molecule has 0 saturated heterocycles. The molecule has 0 bridgehead atoms. The first-order valence-electron chi connectivity index (χ1n) is 9.35. The number of aryl methyl sites for hydroxylation is 2. The zero-order chi connectivity index (χ0) is 19.9. The highest BCUT2D eigenvalue weighted by Crippen LogP contribution is 2.28. The summed E-state index contributed by atoms with van der Waals surface area (Å²) in [6.45, 7) is 2.25. The third-order valence-electron chi connectivity index (χ3n) is 4.70. The Bertz CT molecular complexity index is 940. The monoisotopic (exact) mass is 377 g/mol. The molecule has 1 aliphatic carbocycles. The summed E-state index contributed by atoms with van der Waals surface area (Å²) in [7, 11) is 1.60. The predicted molar refractivity (Wildman–Crippen MR) is 106 cm³/mol. The number of nitriles is 1. The minimum atomic E-state index is -0.628. The first-order valence-corrected chi connectivity index (χ1v) is 9.35. The molecule has 0 radical (unpaired) electrons. The Morgan fingerprint density at radius 2 is 2.00 bits per heavy atom. The summed E-state index contributed by atoms with van der Waals surface area (Å²) in [5.41, 5.74) is 4.25. The van der Waals surface area contributed by atoms with Crippen LogP contribution in [0, 0.1) is 11.3 Å². The maximum atomic E-state index is 11.8. The van der Waals surface area contributed by atoms with Crippen LogP contribution in [0.3, 0.4) is 0 Å². The van der Waals surface area contributed by atoms with Gasteiger partial charge < -0.3 is 14.2 Å². The van der Waals surface area contributed by atoms with Crippen LogP contribution >= 0.6 is 0 Å². The summed E-state index contributed by atoms with van der Waals surface area (Å²) in [5.74, 6) is 0.887. The van der Waals surface area contributed by atoms with E-state index in [1.165, 1.54) is 23.6 Å². The first-order chi connectivity index (χ1) is 13.6. The molecule has 0 unspecified atom stereocenters. The molecule has 0 aromatic heterocycles. The molecule has 144 valence electrons. The maximum absolute atomic E-state index is 11.8. The van der Waals surface area contributed by atoms with E-state index in [9.17, 15) is 10.1 Å². The Hall–Kier alpha value is -3.26. The summed E-state index contributed by atoms with van der Waals surface area (Å²) in [4.78, 5) is 11.8. The predicted octanol–water partition coefficient (Wildman–Crippen LogP) is 4.23. The van der Waals surface area contributed by atoms with Gasteiger partial charge >= 0.3 is 5.97 Å². The van der Waals surface area contributed by atoms with Crippen LogP contribution in [0.1, 0.15) is 35.6 Å². The van der Waals surface area contributed by atoms with Crippen molar-refractivity contribution in [1.82, 2.24) is 0 Å². The van der Waals surface area contributed by atoms with Gasteiger partial charge in [-0.05, 0) is 73.2 Å². The second-order valence-corrected chi connectivity index (χ2v) is 6.53. The molecule has 0 aliphatic heterocycles. The summed E-state index contributed by atoms with van der Waals surface area (Å²) < 4.78 is 16.3. The Labute approximate surface area is 165 Å². The van der Waals surface area contributed by atoms with E-state index in [4.69, 9.17) is 14.2 Å². The van der Waals surface area contributed by atoms with E-state index in [0.29, 0.717) is 17.9 Å². The van der Waals surface area contributed by atoms with Crippen molar-refractivity contribution >= 4 is 12.0 Å². The van der Waals surface area contributed by atoms with E-state index >= 15 is 0 Å². The average molecular weight is 377 g/mol. The van der Waals surface area contributed by atoms with Crippen LogP contribution in [0.25, 0.3) is 6.08 Å². The molecule has 0 N–H and O–H groups in total. The number of ether oxygens (including phenoxy) is 3. The number of hydrogen-bond donors (Lipinski definition) is 0. The molecule has 0 spiro atoms. The van der Waals surface area contributed by atoms with Gasteiger partial charge in [-0.25, -0.2) is 4.79 Å². The zero-order valence-corrected chi connectivity index (χ0v) is 16.2. The highest BCUT2D eigenvalue weighted by Gasteiger charge is 2.13. The van der Waals surface area contributed by atoms with Crippen molar-refractivity contribution in [2.45, 2.75) is 32.8 Å². The highest BCUT2D eigenvalue weighted by atomic mass is 16.5. The minimum absolute atomic E-state index is 0.0440. The van der Waals surface area contributed by atoms with E-state index in [2.05, 4.69) is 12.1 Å². The fourth-order valence-corrected chi connectivity index (χ4v) is 3.31. The molecule has 5 nitrogen and oxygen atoms in total. The smallest absolute Gasteiger partial charge is 0.348 e. The van der Waals surface area contributed by atoms with Crippen LogP contribution in [-0.4, -0.2) is 19.7 Å². The normalized spacial score (nSPS) is 12.8. The molecule has 0 amide bonds. The van der Waals surface area contributed by atoms with E-state index in [-0.39, 0.29) is 12.2 Å². The molecular formula is C23H23NO4. The summed E-state index contributed by atoms with van der Waals surface area (Å²) in [5, 5.41) is 9.21. The fraction of sp³-hybridized carbons (Fsp3) is 0.304. The van der Waals surface area contributed by atoms with Crippen LogP contribution in [0.15, 0.2) is 42.0 Å². The number of nitrogens with zero attached hydrogens (tertiary/aromatic N) is 1. The molecule has 28 heavy (non-hydrogen) atoms. The Kier molecular flexibility index (Phi) is 6.33. The Balaban J connectivity index is 1.79. The Morgan fingerprint density at radius 1 is 1.18 bits per heavy atom. The number of hydrogen-bond acceptors (Lipinski definition) is 5. The van der Waals surface area contributed by atoms with Gasteiger partial charge in [0.2, 0.25) is 0 Å². The molecule has 0 saturated carbocycles. The lowest BCUT2D eigenvalue weighted by molar-refractivity contribution is -0.137. The number of methoxy groups -OCH3 is 1. The topological polar surface area (TPSA) is 68.6 Å². The van der Waals surface area contributed by atoms with Gasteiger partial charge in [0.1, 0.15) is 29.7 Å². The molecule has 5 heteroatoms. The van der Waals surface area contributed by atoms with Crippen LogP contribution in [0.4, 0.5) is 0 Å². The van der Waals surface area contributed by atoms with Crippen LogP contribution in [-0.2, 0) is 29.0 Å². The maximum Gasteiger partial charge on any atom is 0.348 e. The molecule has 2 aromatic carbocycles. The van der Waals surface area contributed by atoms with E-state index in [1.807, 2.05) is 18.2 Å². The SMILES string of the molecule is CCOC(=O)C(C#N)=Cc1ccc(OC)c(COc2ccc3c(c2)CCC3)c1. The van der Waals surface area contributed by atoms with Crippen molar-refractivity contribution in [2.75, 3.05) is 13.7 Å². The lowest BCUT2D eigenvalue weighted by atomic mass is 10.1. The van der Waals surface area contributed by atoms with Crippen molar-refractivity contribution in [3.8, 4) is 17.6 Å². The third-order valence-corrected chi connectivity index (χ3v) is 4.70. The fourth-order valence-electron chi connectivity index (χ4n) is 3.31. The lowest BCUT2D eigenvalue weighted by Gasteiger charge is -2.12. The molecule has 1 aliphatic rings. The van der Waals surface area contributed by atoms with E-state index in [1.54, 1.807) is 26.2 Å². The van der Waals surface area contributed by atoms with Gasteiger partial charge in [0, 0.05) is 5.56 Å². The number of fused-ring (bicyclic) bond motifs is 1. The number of benzene rings is 2. The van der Waals surface area contributed by atoms with E-state index in [0.717, 1.165) is 24.2 Å². The number of esters is 1. The highest BCUT2D eigenvalue weighted by molar-refractivity contribution is 5.97. The van der Waals surface area contributed by atoms with Crippen LogP contribution in [0.2, 0.25) is 0 Å². The van der Waals surface area contributed by atoms with Gasteiger partial charge in [-0.15, -0.1) is 0 Å². The number of rotatable bonds is 7. The van der Waals surface area contributed by atoms with Crippen molar-refractivity contribution in [2.24, 2.45) is 0 Å². The van der Waals surface area contributed by atoms with Crippen molar-refractivity contribution < 1.29 is 19.0 Å². The van der Waals surface area contributed by atoms with Crippen LogP contribution < -0.4 is 9.47 Å². The molecule has 3 rings (SSSR count). The van der Waals surface area contributed by atoms with Crippen molar-refractivity contribution in [1.29, 1.82) is 5.26 Å². The third kappa shape index (κ3) is 4.52. The second kappa shape index (κ2) is 9.09. The summed E-state index contributed by atoms with van der Waals surface area (Å²) >= 11 is 0. The molecular weight excluding hydrogens is 354 g/mol. The summed E-state index contributed by atoms with van der Waals surface area (Å²) in [6, 6.07) is 13.6. The van der Waals surface area contributed by atoms with Gasteiger partial charge in [0.05, 0.1) is 13.7 Å². The quantitative estimate of drug-likeness (QED) is 0.410. The van der Waals surface area contributed by atoms with Gasteiger partial charge in [-0.1, -0.05) is 12.1 Å². The number of carbonyl (C=O) groups excluding carboxylic acids is 1.